The van der Waals surface area contributed by atoms with E-state index in [2.05, 4.69) is 5.32 Å². The molecule has 0 atom stereocenters. The molecule has 5 nitrogen and oxygen atoms in total. The molecule has 2 aromatic rings. The van der Waals surface area contributed by atoms with Crippen LogP contribution in [0.25, 0.3) is 6.08 Å². The summed E-state index contributed by atoms with van der Waals surface area (Å²) in [6.07, 6.45) is 3.11. The number of hydrogen-bond acceptors (Lipinski definition) is 4. The van der Waals surface area contributed by atoms with Gasteiger partial charge in [-0.15, -0.1) is 11.3 Å². The van der Waals surface area contributed by atoms with E-state index in [-0.39, 0.29) is 10.8 Å². The molecule has 0 aliphatic heterocycles. The predicted molar refractivity (Wildman–Crippen MR) is 89.3 cm³/mol. The Kier molecular flexibility index (Phi) is 4.80. The molecular weight excluding hydrogens is 320 g/mol. The molecule has 0 fully saturated rings. The third kappa shape index (κ3) is 4.27. The summed E-state index contributed by atoms with van der Waals surface area (Å²) in [5.41, 5.74) is 0.914. The standard InChI is InChI=1S/C15H16N2O3S2/c1-10-3-5-12(9-14(10)22(16,19)20)17-15(18)8-7-13-6-4-11(2)21-13/h3-9H,1-2H3,(H,17,18)(H2,16,19,20)/b8-7+. The van der Waals surface area contributed by atoms with E-state index in [1.807, 2.05) is 19.1 Å². The van der Waals surface area contributed by atoms with Gasteiger partial charge in [-0.3, -0.25) is 4.79 Å². The van der Waals surface area contributed by atoms with Crippen molar-refractivity contribution in [3.63, 3.8) is 0 Å². The number of rotatable bonds is 4. The lowest BCUT2D eigenvalue weighted by molar-refractivity contribution is -0.111. The molecule has 0 aliphatic carbocycles. The van der Waals surface area contributed by atoms with Gasteiger partial charge in [0.05, 0.1) is 4.90 Å². The number of sulfonamides is 1. The Morgan fingerprint density at radius 2 is 1.95 bits per heavy atom. The van der Waals surface area contributed by atoms with Crippen LogP contribution in [-0.4, -0.2) is 14.3 Å². The lowest BCUT2D eigenvalue weighted by Crippen LogP contribution is -2.15. The molecule has 3 N–H and O–H groups in total. The highest BCUT2D eigenvalue weighted by Crippen LogP contribution is 2.19. The first-order valence-electron chi connectivity index (χ1n) is 6.44. The molecule has 1 amide bonds. The number of nitrogens with one attached hydrogen (secondary N) is 1. The van der Waals surface area contributed by atoms with E-state index in [0.717, 1.165) is 9.75 Å². The second-order valence-electron chi connectivity index (χ2n) is 4.80. The van der Waals surface area contributed by atoms with E-state index < -0.39 is 10.0 Å². The van der Waals surface area contributed by atoms with Gasteiger partial charge in [-0.25, -0.2) is 13.6 Å². The van der Waals surface area contributed by atoms with Crippen molar-refractivity contribution in [3.8, 4) is 0 Å². The molecular formula is C15H16N2O3S2. The minimum Gasteiger partial charge on any atom is -0.322 e. The fraction of sp³-hybridized carbons (Fsp3) is 0.133. The van der Waals surface area contributed by atoms with Gasteiger partial charge in [0.1, 0.15) is 0 Å². The minimum absolute atomic E-state index is 0.00293. The van der Waals surface area contributed by atoms with E-state index in [1.165, 1.54) is 12.1 Å². The number of carbonyl (C=O) groups excluding carboxylic acids is 1. The number of thiophene rings is 1. The van der Waals surface area contributed by atoms with Gasteiger partial charge in [0.15, 0.2) is 0 Å². The van der Waals surface area contributed by atoms with Crippen LogP contribution in [0.2, 0.25) is 0 Å². The molecule has 1 aromatic heterocycles. The second-order valence-corrected chi connectivity index (χ2v) is 7.65. The molecule has 0 bridgehead atoms. The third-order valence-electron chi connectivity index (χ3n) is 2.92. The molecule has 116 valence electrons. The molecule has 0 unspecified atom stereocenters. The largest absolute Gasteiger partial charge is 0.322 e. The summed E-state index contributed by atoms with van der Waals surface area (Å²) in [5.74, 6) is -0.338. The summed E-state index contributed by atoms with van der Waals surface area (Å²) in [6, 6.07) is 8.48. The predicted octanol–water partition coefficient (Wildman–Crippen LogP) is 2.66. The topological polar surface area (TPSA) is 89.3 Å². The first-order chi connectivity index (χ1) is 10.3. The monoisotopic (exact) mass is 336 g/mol. The van der Waals surface area contributed by atoms with Crippen LogP contribution < -0.4 is 10.5 Å². The lowest BCUT2D eigenvalue weighted by Gasteiger charge is -2.07. The fourth-order valence-electron chi connectivity index (χ4n) is 1.87. The molecule has 1 aromatic carbocycles. The third-order valence-corrected chi connectivity index (χ3v) is 4.94. The maximum Gasteiger partial charge on any atom is 0.248 e. The molecule has 7 heteroatoms. The van der Waals surface area contributed by atoms with Crippen molar-refractivity contribution in [3.05, 3.63) is 51.7 Å². The van der Waals surface area contributed by atoms with Crippen LogP contribution >= 0.6 is 11.3 Å². The Labute approximate surface area is 133 Å². The van der Waals surface area contributed by atoms with Crippen LogP contribution in [-0.2, 0) is 14.8 Å². The van der Waals surface area contributed by atoms with Crippen LogP contribution in [0.3, 0.4) is 0 Å². The van der Waals surface area contributed by atoms with Crippen LogP contribution in [0.5, 0.6) is 0 Å². The zero-order chi connectivity index (χ0) is 16.3. The second kappa shape index (κ2) is 6.43. The highest BCUT2D eigenvalue weighted by molar-refractivity contribution is 7.89. The minimum atomic E-state index is -3.81. The van der Waals surface area contributed by atoms with Crippen molar-refractivity contribution in [1.82, 2.24) is 0 Å². The summed E-state index contributed by atoms with van der Waals surface area (Å²) < 4.78 is 22.9. The quantitative estimate of drug-likeness (QED) is 0.841. The van der Waals surface area contributed by atoms with Gasteiger partial charge in [-0.1, -0.05) is 6.07 Å². The molecule has 0 saturated heterocycles. The van der Waals surface area contributed by atoms with Gasteiger partial charge in [0.2, 0.25) is 15.9 Å². The van der Waals surface area contributed by atoms with Crippen molar-refractivity contribution >= 4 is 39.0 Å². The van der Waals surface area contributed by atoms with Crippen molar-refractivity contribution in [2.45, 2.75) is 18.7 Å². The van der Waals surface area contributed by atoms with Gasteiger partial charge < -0.3 is 5.32 Å². The van der Waals surface area contributed by atoms with Crippen molar-refractivity contribution in [1.29, 1.82) is 0 Å². The SMILES string of the molecule is Cc1ccc(/C=C/C(=O)Nc2ccc(C)c(S(N)(=O)=O)c2)s1. The summed E-state index contributed by atoms with van der Waals surface area (Å²) in [7, 11) is -3.81. The highest BCUT2D eigenvalue weighted by atomic mass is 32.2. The average molecular weight is 336 g/mol. The van der Waals surface area contributed by atoms with Crippen LogP contribution in [0.1, 0.15) is 15.3 Å². The summed E-state index contributed by atoms with van der Waals surface area (Å²) in [6.45, 7) is 3.63. The van der Waals surface area contributed by atoms with Gasteiger partial charge in [-0.2, -0.15) is 0 Å². The normalized spacial score (nSPS) is 11.8. The zero-order valence-corrected chi connectivity index (χ0v) is 13.8. The zero-order valence-electron chi connectivity index (χ0n) is 12.2. The molecule has 22 heavy (non-hydrogen) atoms. The Hall–Kier alpha value is -1.96. The number of aryl methyl sites for hydroxylation is 2. The molecule has 2 rings (SSSR count). The number of carbonyl (C=O) groups is 1. The Morgan fingerprint density at radius 3 is 2.55 bits per heavy atom. The first-order valence-corrected chi connectivity index (χ1v) is 8.81. The van der Waals surface area contributed by atoms with Gasteiger partial charge >= 0.3 is 0 Å². The summed E-state index contributed by atoms with van der Waals surface area (Å²) in [4.78, 5) is 14.0. The van der Waals surface area contributed by atoms with Crippen molar-refractivity contribution in [2.75, 3.05) is 5.32 Å². The number of amides is 1. The number of hydrogen-bond donors (Lipinski definition) is 2. The smallest absolute Gasteiger partial charge is 0.248 e. The lowest BCUT2D eigenvalue weighted by atomic mass is 10.2. The van der Waals surface area contributed by atoms with Crippen molar-refractivity contribution < 1.29 is 13.2 Å². The molecule has 0 radical (unpaired) electrons. The van der Waals surface area contributed by atoms with E-state index in [1.54, 1.807) is 36.5 Å². The van der Waals surface area contributed by atoms with Gasteiger partial charge in [-0.05, 0) is 49.8 Å². The summed E-state index contributed by atoms with van der Waals surface area (Å²) in [5, 5.41) is 7.76. The Balaban J connectivity index is 2.14. The molecule has 0 saturated carbocycles. The molecule has 0 aliphatic rings. The van der Waals surface area contributed by atoms with E-state index >= 15 is 0 Å². The van der Waals surface area contributed by atoms with Crippen LogP contribution in [0.4, 0.5) is 5.69 Å². The maximum absolute atomic E-state index is 11.9. The number of primary sulfonamides is 1. The Bertz CT molecular complexity index is 836. The van der Waals surface area contributed by atoms with Crippen LogP contribution in [0.15, 0.2) is 41.3 Å². The van der Waals surface area contributed by atoms with Gasteiger partial charge in [0, 0.05) is 21.5 Å². The van der Waals surface area contributed by atoms with E-state index in [4.69, 9.17) is 5.14 Å². The van der Waals surface area contributed by atoms with Crippen molar-refractivity contribution in [2.24, 2.45) is 5.14 Å². The number of nitrogens with two attached hydrogens (primary N) is 1. The fourth-order valence-corrected chi connectivity index (χ4v) is 3.46. The highest BCUT2D eigenvalue weighted by Gasteiger charge is 2.12. The number of benzene rings is 1. The maximum atomic E-state index is 11.9. The van der Waals surface area contributed by atoms with E-state index in [0.29, 0.717) is 11.3 Å². The Morgan fingerprint density at radius 1 is 1.23 bits per heavy atom. The summed E-state index contributed by atoms with van der Waals surface area (Å²) >= 11 is 1.58. The molecule has 1 heterocycles. The average Bonchev–Trinajstić information content (AvgIpc) is 2.83. The molecule has 0 spiro atoms. The first kappa shape index (κ1) is 16.4. The van der Waals surface area contributed by atoms with E-state index in [9.17, 15) is 13.2 Å². The van der Waals surface area contributed by atoms with Gasteiger partial charge in [0.25, 0.3) is 0 Å². The number of anilines is 1. The van der Waals surface area contributed by atoms with Crippen LogP contribution in [0, 0.1) is 13.8 Å².